The Balaban J connectivity index is 2.44. The topological polar surface area (TPSA) is 63.6 Å². The Morgan fingerprint density at radius 1 is 0.962 bits per heavy atom. The summed E-state index contributed by atoms with van der Waals surface area (Å²) in [4.78, 5) is -0.348. The summed E-state index contributed by atoms with van der Waals surface area (Å²) in [5.74, 6) is -3.50. The van der Waals surface area contributed by atoms with Gasteiger partial charge in [0.2, 0.25) is 5.83 Å². The second-order valence-electron chi connectivity index (χ2n) is 5.68. The third kappa shape index (κ3) is 4.64. The van der Waals surface area contributed by atoms with Crippen LogP contribution < -0.4 is 0 Å². The quantitative estimate of drug-likeness (QED) is 0.597. The molecule has 0 aliphatic rings. The highest BCUT2D eigenvalue weighted by Gasteiger charge is 2.31. The second-order valence-corrected chi connectivity index (χ2v) is 7.22. The van der Waals surface area contributed by atoms with Crippen molar-refractivity contribution in [3.63, 3.8) is 0 Å². The smallest absolute Gasteiger partial charge is 0.339 e. The summed E-state index contributed by atoms with van der Waals surface area (Å²) >= 11 is 0. The van der Waals surface area contributed by atoms with Crippen LogP contribution in [0.15, 0.2) is 65.0 Å². The van der Waals surface area contributed by atoms with Crippen LogP contribution >= 0.6 is 0 Å². The van der Waals surface area contributed by atoms with Crippen molar-refractivity contribution in [1.82, 2.24) is 0 Å². The molecule has 0 saturated heterocycles. The molecule has 8 heteroatoms. The van der Waals surface area contributed by atoms with Gasteiger partial charge in [0.1, 0.15) is 11.0 Å². The fraction of sp³-hybridized carbons (Fsp3) is 0.222. The number of benzene rings is 2. The lowest BCUT2D eigenvalue weighted by Crippen LogP contribution is -2.15. The zero-order valence-electron chi connectivity index (χ0n) is 14.0. The van der Waals surface area contributed by atoms with E-state index in [9.17, 15) is 26.7 Å². The van der Waals surface area contributed by atoms with Crippen molar-refractivity contribution in [2.45, 2.75) is 31.3 Å². The first-order valence-electron chi connectivity index (χ1n) is 7.55. The predicted molar refractivity (Wildman–Crippen MR) is 89.7 cm³/mol. The molecule has 0 heterocycles. The lowest BCUT2D eigenvalue weighted by Gasteiger charge is -2.17. The van der Waals surface area contributed by atoms with E-state index in [1.807, 2.05) is 0 Å². The van der Waals surface area contributed by atoms with Gasteiger partial charge in [-0.2, -0.15) is 8.42 Å². The second kappa shape index (κ2) is 7.92. The monoisotopic (exact) mass is 386 g/mol. The van der Waals surface area contributed by atoms with Crippen molar-refractivity contribution in [2.75, 3.05) is 0 Å². The van der Waals surface area contributed by atoms with Gasteiger partial charge in [-0.25, -0.2) is 13.2 Å². The van der Waals surface area contributed by atoms with E-state index in [4.69, 9.17) is 0 Å². The fourth-order valence-electron chi connectivity index (χ4n) is 2.09. The number of aliphatic hydroxyl groups excluding tert-OH is 1. The number of aryl methyl sites for hydroxylation is 2. The Morgan fingerprint density at radius 2 is 1.42 bits per heavy atom. The fourth-order valence-corrected chi connectivity index (χ4v) is 3.07. The van der Waals surface area contributed by atoms with Crippen LogP contribution in [-0.2, 0) is 14.3 Å². The van der Waals surface area contributed by atoms with Gasteiger partial charge in [0.15, 0.2) is 5.76 Å². The summed E-state index contributed by atoms with van der Waals surface area (Å²) in [7, 11) is -4.61. The molecule has 0 aliphatic heterocycles. The summed E-state index contributed by atoms with van der Waals surface area (Å²) in [6.45, 7) is 3.48. The molecule has 0 aliphatic carbocycles. The third-order valence-corrected chi connectivity index (χ3v) is 4.83. The minimum Gasteiger partial charge on any atom is -0.380 e. The maximum absolute atomic E-state index is 13.9. The Hall–Kier alpha value is -2.32. The van der Waals surface area contributed by atoms with Crippen molar-refractivity contribution in [3.8, 4) is 0 Å². The minimum atomic E-state index is -4.61. The average molecular weight is 386 g/mol. The molecule has 140 valence electrons. The first-order chi connectivity index (χ1) is 12.1. The van der Waals surface area contributed by atoms with Crippen LogP contribution in [0.4, 0.5) is 13.2 Å². The van der Waals surface area contributed by atoms with Gasteiger partial charge in [-0.15, -0.1) is 0 Å². The molecule has 0 aromatic heterocycles. The molecular weight excluding hydrogens is 369 g/mol. The number of aliphatic hydroxyl groups is 1. The van der Waals surface area contributed by atoms with Crippen LogP contribution in [0.5, 0.6) is 0 Å². The van der Waals surface area contributed by atoms with E-state index in [1.54, 1.807) is 26.0 Å². The van der Waals surface area contributed by atoms with Crippen LogP contribution in [0.3, 0.4) is 0 Å². The number of hydrogen-bond acceptors (Lipinski definition) is 4. The van der Waals surface area contributed by atoms with Crippen molar-refractivity contribution in [2.24, 2.45) is 0 Å². The lowest BCUT2D eigenvalue weighted by atomic mass is 10.1. The van der Waals surface area contributed by atoms with Gasteiger partial charge in [-0.05, 0) is 31.5 Å². The van der Waals surface area contributed by atoms with Crippen LogP contribution in [0, 0.1) is 13.8 Å². The molecule has 1 unspecified atom stereocenters. The third-order valence-electron chi connectivity index (χ3n) is 3.58. The van der Waals surface area contributed by atoms with E-state index in [1.165, 1.54) is 36.4 Å². The maximum Gasteiger partial charge on any atom is 0.339 e. The van der Waals surface area contributed by atoms with E-state index < -0.39 is 34.2 Å². The summed E-state index contributed by atoms with van der Waals surface area (Å²) in [6, 6.07) is 11.2. The van der Waals surface area contributed by atoms with Crippen molar-refractivity contribution in [1.29, 1.82) is 0 Å². The summed E-state index contributed by atoms with van der Waals surface area (Å²) < 4.78 is 68.7. The highest BCUT2D eigenvalue weighted by molar-refractivity contribution is 7.86. The molecule has 26 heavy (non-hydrogen) atoms. The van der Waals surface area contributed by atoms with Crippen molar-refractivity contribution >= 4 is 10.1 Å². The van der Waals surface area contributed by atoms with Gasteiger partial charge >= 0.3 is 10.1 Å². The normalized spacial score (nSPS) is 14.1. The Labute approximate surface area is 149 Å². The molecule has 0 bridgehead atoms. The van der Waals surface area contributed by atoms with Crippen LogP contribution in [0.25, 0.3) is 0 Å². The number of halogens is 3. The molecule has 2 aromatic rings. The van der Waals surface area contributed by atoms with Crippen LogP contribution in [0.2, 0.25) is 0 Å². The molecule has 2 rings (SSSR count). The Bertz CT molecular complexity index is 889. The zero-order valence-corrected chi connectivity index (χ0v) is 14.8. The van der Waals surface area contributed by atoms with E-state index in [-0.39, 0.29) is 10.5 Å². The zero-order chi connectivity index (χ0) is 19.5. The number of hydrogen-bond donors (Lipinski definition) is 1. The first kappa shape index (κ1) is 20.0. The van der Waals surface area contributed by atoms with E-state index >= 15 is 0 Å². The summed E-state index contributed by atoms with van der Waals surface area (Å²) in [6.07, 6.45) is -5.65. The molecule has 1 N–H and O–H groups in total. The Morgan fingerprint density at radius 3 is 1.88 bits per heavy atom. The van der Waals surface area contributed by atoms with E-state index in [0.29, 0.717) is 0 Å². The molecule has 0 saturated carbocycles. The molecule has 0 radical (unpaired) electrons. The average Bonchev–Trinajstić information content (AvgIpc) is 2.59. The number of alkyl halides is 2. The number of rotatable bonds is 6. The van der Waals surface area contributed by atoms with Gasteiger partial charge in [-0.3, -0.25) is 0 Å². The molecule has 0 fully saturated rings. The molecule has 0 amide bonds. The molecule has 0 spiro atoms. The van der Waals surface area contributed by atoms with Gasteiger partial charge in [0.05, 0.1) is 0 Å². The van der Waals surface area contributed by atoms with E-state index in [0.717, 1.165) is 11.1 Å². The minimum absolute atomic E-state index is 0.0144. The SMILES string of the molecule is Cc1ccc(C(O)/C(OS(=O)(=O)c2ccc(C)cc2)=C(/F)C(F)F)cc1. The standard InChI is InChI=1S/C18H17F3O4S/c1-11-3-7-13(8-4-11)16(22)17(15(19)18(20)21)25-26(23,24)14-9-5-12(2)6-10-14/h3-10,16,18,22H,1-2H3/b17-15-. The Kier molecular flexibility index (Phi) is 6.09. The van der Waals surface area contributed by atoms with Crippen molar-refractivity contribution < 1.29 is 30.9 Å². The van der Waals surface area contributed by atoms with Gasteiger partial charge in [-0.1, -0.05) is 47.5 Å². The van der Waals surface area contributed by atoms with Crippen LogP contribution in [0.1, 0.15) is 22.8 Å². The molecular formula is C18H17F3O4S. The van der Waals surface area contributed by atoms with Crippen molar-refractivity contribution in [3.05, 3.63) is 76.8 Å². The van der Waals surface area contributed by atoms with Crippen LogP contribution in [-0.4, -0.2) is 19.9 Å². The van der Waals surface area contributed by atoms with Gasteiger partial charge < -0.3 is 9.29 Å². The largest absolute Gasteiger partial charge is 0.380 e. The molecule has 4 nitrogen and oxygen atoms in total. The predicted octanol–water partition coefficient (Wildman–Crippen LogP) is 4.19. The first-order valence-corrected chi connectivity index (χ1v) is 8.96. The number of allylic oxidation sites excluding steroid dienone is 1. The van der Waals surface area contributed by atoms with E-state index in [2.05, 4.69) is 4.18 Å². The molecule has 1 atom stereocenters. The summed E-state index contributed by atoms with van der Waals surface area (Å²) in [5, 5.41) is 10.2. The summed E-state index contributed by atoms with van der Waals surface area (Å²) in [5.41, 5.74) is 1.59. The van der Waals surface area contributed by atoms with Gasteiger partial charge in [0, 0.05) is 0 Å². The molecule has 2 aromatic carbocycles. The maximum atomic E-state index is 13.9. The van der Waals surface area contributed by atoms with Gasteiger partial charge in [0.25, 0.3) is 6.43 Å². The highest BCUT2D eigenvalue weighted by atomic mass is 32.2. The lowest BCUT2D eigenvalue weighted by molar-refractivity contribution is 0.118. The highest BCUT2D eigenvalue weighted by Crippen LogP contribution is 2.32.